The van der Waals surface area contributed by atoms with Crippen LogP contribution in [-0.2, 0) is 11.3 Å². The number of fused-ring (bicyclic) bond motifs is 1. The minimum absolute atomic E-state index is 0.00238. The van der Waals surface area contributed by atoms with E-state index < -0.39 is 17.5 Å². The SMILES string of the molecule is COc1ccc2cn(C[C@@]3(C=Cc4cccc(C(C)C)c4)NC(=O)NC3=O)c(O)c2c1. The molecule has 0 aliphatic carbocycles. The van der Waals surface area contributed by atoms with E-state index in [9.17, 15) is 14.7 Å². The molecule has 1 atom stereocenters. The van der Waals surface area contributed by atoms with E-state index in [0.717, 1.165) is 10.9 Å². The molecule has 1 aliphatic heterocycles. The Kier molecular flexibility index (Phi) is 5.19. The van der Waals surface area contributed by atoms with Crippen LogP contribution in [0.3, 0.4) is 0 Å². The Bertz CT molecular complexity index is 1190. The van der Waals surface area contributed by atoms with Crippen molar-refractivity contribution in [1.82, 2.24) is 15.2 Å². The molecule has 1 aliphatic rings. The third kappa shape index (κ3) is 3.86. The van der Waals surface area contributed by atoms with E-state index in [1.807, 2.05) is 24.3 Å². The number of rotatable bonds is 6. The summed E-state index contributed by atoms with van der Waals surface area (Å²) in [5, 5.41) is 17.2. The summed E-state index contributed by atoms with van der Waals surface area (Å²) in [5.74, 6) is 0.520. The van der Waals surface area contributed by atoms with E-state index in [-0.39, 0.29) is 12.4 Å². The van der Waals surface area contributed by atoms with Gasteiger partial charge in [-0.15, -0.1) is 0 Å². The van der Waals surface area contributed by atoms with Gasteiger partial charge in [-0.2, -0.15) is 0 Å². The van der Waals surface area contributed by atoms with Crippen molar-refractivity contribution in [3.63, 3.8) is 0 Å². The van der Waals surface area contributed by atoms with Gasteiger partial charge in [-0.3, -0.25) is 10.1 Å². The van der Waals surface area contributed by atoms with Gasteiger partial charge in [0.15, 0.2) is 11.4 Å². The highest BCUT2D eigenvalue weighted by atomic mass is 16.5. The molecule has 7 heteroatoms. The van der Waals surface area contributed by atoms with Crippen LogP contribution in [0.1, 0.15) is 30.9 Å². The number of carbonyl (C=O) groups is 2. The van der Waals surface area contributed by atoms with Crippen molar-refractivity contribution >= 4 is 28.8 Å². The first kappa shape index (κ1) is 20.5. The summed E-state index contributed by atoms with van der Waals surface area (Å²) < 4.78 is 6.79. The average molecular weight is 419 g/mol. The molecule has 0 unspecified atom stereocenters. The van der Waals surface area contributed by atoms with E-state index in [1.54, 1.807) is 36.1 Å². The number of imide groups is 1. The molecule has 1 aromatic heterocycles. The van der Waals surface area contributed by atoms with Crippen molar-refractivity contribution in [2.45, 2.75) is 31.8 Å². The standard InChI is InChI=1S/C24H25N3O4/c1-15(2)17-6-4-5-16(11-17)9-10-24(22(29)25-23(30)26-24)14-27-13-18-7-8-19(31-3)12-20(18)21(27)28/h4-13,15,28H,14H2,1-3H3,(H2,25,26,29,30)/t24-/m1/s1. The summed E-state index contributed by atoms with van der Waals surface area (Å²) in [7, 11) is 1.56. The molecule has 2 heterocycles. The van der Waals surface area contributed by atoms with Crippen LogP contribution in [0.2, 0.25) is 0 Å². The van der Waals surface area contributed by atoms with E-state index in [1.165, 1.54) is 5.56 Å². The lowest BCUT2D eigenvalue weighted by molar-refractivity contribution is -0.122. The molecule has 3 amide bonds. The second-order valence-electron chi connectivity index (χ2n) is 8.07. The zero-order valence-electron chi connectivity index (χ0n) is 17.7. The smallest absolute Gasteiger partial charge is 0.322 e. The lowest BCUT2D eigenvalue weighted by Crippen LogP contribution is -2.48. The topological polar surface area (TPSA) is 92.6 Å². The molecule has 3 aromatic rings. The van der Waals surface area contributed by atoms with Crippen LogP contribution >= 0.6 is 0 Å². The van der Waals surface area contributed by atoms with Crippen molar-refractivity contribution in [2.24, 2.45) is 0 Å². The van der Waals surface area contributed by atoms with Gasteiger partial charge in [-0.05, 0) is 41.3 Å². The van der Waals surface area contributed by atoms with Crippen LogP contribution in [0.5, 0.6) is 11.6 Å². The number of nitrogens with one attached hydrogen (secondary N) is 2. The summed E-state index contributed by atoms with van der Waals surface area (Å²) in [4.78, 5) is 24.8. The molecule has 3 N–H and O–H groups in total. The molecule has 0 bridgehead atoms. The lowest BCUT2D eigenvalue weighted by atomic mass is 9.96. The number of aromatic nitrogens is 1. The number of urea groups is 1. The number of aromatic hydroxyl groups is 1. The predicted octanol–water partition coefficient (Wildman–Crippen LogP) is 3.77. The van der Waals surface area contributed by atoms with Crippen LogP contribution < -0.4 is 15.4 Å². The maximum Gasteiger partial charge on any atom is 0.322 e. The zero-order chi connectivity index (χ0) is 22.2. The van der Waals surface area contributed by atoms with Gasteiger partial charge in [0, 0.05) is 17.0 Å². The van der Waals surface area contributed by atoms with Gasteiger partial charge in [0.05, 0.1) is 13.7 Å². The monoisotopic (exact) mass is 419 g/mol. The molecule has 1 saturated heterocycles. The Hall–Kier alpha value is -3.74. The average Bonchev–Trinajstić information content (AvgIpc) is 3.21. The Labute approximate surface area is 180 Å². The van der Waals surface area contributed by atoms with Gasteiger partial charge in [0.25, 0.3) is 5.91 Å². The molecular formula is C24H25N3O4. The maximum absolute atomic E-state index is 12.8. The van der Waals surface area contributed by atoms with Gasteiger partial charge in [-0.1, -0.05) is 44.2 Å². The highest BCUT2D eigenvalue weighted by molar-refractivity contribution is 6.08. The largest absolute Gasteiger partial charge is 0.497 e. The quantitative estimate of drug-likeness (QED) is 0.530. The third-order valence-corrected chi connectivity index (χ3v) is 5.59. The molecule has 31 heavy (non-hydrogen) atoms. The number of nitrogens with zero attached hydrogens (tertiary/aromatic N) is 1. The fourth-order valence-electron chi connectivity index (χ4n) is 3.79. The van der Waals surface area contributed by atoms with Gasteiger partial charge < -0.3 is 19.7 Å². The van der Waals surface area contributed by atoms with Crippen LogP contribution in [0.4, 0.5) is 4.79 Å². The van der Waals surface area contributed by atoms with Gasteiger partial charge in [0.1, 0.15) is 5.75 Å². The van der Waals surface area contributed by atoms with Crippen molar-refractivity contribution in [1.29, 1.82) is 0 Å². The Morgan fingerprint density at radius 3 is 2.68 bits per heavy atom. The van der Waals surface area contributed by atoms with Crippen molar-refractivity contribution < 1.29 is 19.4 Å². The fourth-order valence-corrected chi connectivity index (χ4v) is 3.79. The van der Waals surface area contributed by atoms with Gasteiger partial charge >= 0.3 is 6.03 Å². The summed E-state index contributed by atoms with van der Waals surface area (Å²) in [6.45, 7) is 4.26. The fraction of sp³-hybridized carbons (Fsp3) is 0.250. The molecule has 0 saturated carbocycles. The van der Waals surface area contributed by atoms with Crippen LogP contribution in [-0.4, -0.2) is 34.3 Å². The number of hydrogen-bond donors (Lipinski definition) is 3. The lowest BCUT2D eigenvalue weighted by Gasteiger charge is -2.23. The molecule has 2 aromatic carbocycles. The first-order valence-corrected chi connectivity index (χ1v) is 10.1. The number of amides is 3. The first-order valence-electron chi connectivity index (χ1n) is 10.1. The number of carbonyl (C=O) groups excluding carboxylic acids is 2. The normalized spacial score (nSPS) is 18.7. The Morgan fingerprint density at radius 1 is 1.19 bits per heavy atom. The molecule has 0 radical (unpaired) electrons. The van der Waals surface area contributed by atoms with E-state index in [0.29, 0.717) is 17.1 Å². The van der Waals surface area contributed by atoms with Gasteiger partial charge in [0.2, 0.25) is 0 Å². The number of methoxy groups -OCH3 is 1. The minimum atomic E-state index is -1.33. The second kappa shape index (κ2) is 7.83. The first-order chi connectivity index (χ1) is 14.8. The van der Waals surface area contributed by atoms with E-state index in [2.05, 4.69) is 36.6 Å². The summed E-state index contributed by atoms with van der Waals surface area (Å²) in [6, 6.07) is 12.8. The van der Waals surface area contributed by atoms with Crippen LogP contribution in [0.15, 0.2) is 54.7 Å². The molecule has 160 valence electrons. The number of benzene rings is 2. The molecule has 1 fully saturated rings. The Balaban J connectivity index is 1.72. The molecular weight excluding hydrogens is 394 g/mol. The van der Waals surface area contributed by atoms with E-state index >= 15 is 0 Å². The van der Waals surface area contributed by atoms with Crippen molar-refractivity contribution in [3.05, 3.63) is 65.9 Å². The maximum atomic E-state index is 12.8. The summed E-state index contributed by atoms with van der Waals surface area (Å²) in [6.07, 6.45) is 5.24. The van der Waals surface area contributed by atoms with Crippen molar-refractivity contribution in [2.75, 3.05) is 7.11 Å². The number of hydrogen-bond acceptors (Lipinski definition) is 4. The summed E-state index contributed by atoms with van der Waals surface area (Å²) >= 11 is 0. The number of ether oxygens (including phenoxy) is 1. The van der Waals surface area contributed by atoms with Gasteiger partial charge in [-0.25, -0.2) is 4.79 Å². The third-order valence-electron chi connectivity index (χ3n) is 5.59. The minimum Gasteiger partial charge on any atom is -0.497 e. The highest BCUT2D eigenvalue weighted by Crippen LogP contribution is 2.32. The molecule has 7 nitrogen and oxygen atoms in total. The second-order valence-corrected chi connectivity index (χ2v) is 8.07. The van der Waals surface area contributed by atoms with Crippen LogP contribution in [0, 0.1) is 0 Å². The van der Waals surface area contributed by atoms with E-state index in [4.69, 9.17) is 4.74 Å². The zero-order valence-corrected chi connectivity index (χ0v) is 17.7. The Morgan fingerprint density at radius 2 is 2.00 bits per heavy atom. The highest BCUT2D eigenvalue weighted by Gasteiger charge is 2.45. The molecule has 4 rings (SSSR count). The predicted molar refractivity (Wildman–Crippen MR) is 119 cm³/mol. The molecule has 0 spiro atoms. The van der Waals surface area contributed by atoms with Crippen molar-refractivity contribution in [3.8, 4) is 11.6 Å². The summed E-state index contributed by atoms with van der Waals surface area (Å²) in [5.41, 5.74) is 0.771. The van der Waals surface area contributed by atoms with Crippen LogP contribution in [0.25, 0.3) is 16.8 Å².